The normalized spacial score (nSPS) is 10.9. The maximum absolute atomic E-state index is 11.8. The van der Waals surface area contributed by atoms with Gasteiger partial charge in [-0.05, 0) is 48.5 Å². The van der Waals surface area contributed by atoms with E-state index in [1.54, 1.807) is 36.4 Å². The second-order valence-corrected chi connectivity index (χ2v) is 6.65. The Morgan fingerprint density at radius 1 is 1.04 bits per heavy atom. The third kappa shape index (κ3) is 5.50. The van der Waals surface area contributed by atoms with E-state index in [-0.39, 0.29) is 6.61 Å². The molecule has 1 N–H and O–H groups in total. The number of amides is 1. The number of nitrogens with one attached hydrogen (secondary N) is 1. The molecule has 1 amide bonds. The van der Waals surface area contributed by atoms with E-state index in [2.05, 4.69) is 10.5 Å². The van der Waals surface area contributed by atoms with E-state index in [1.807, 2.05) is 12.1 Å². The average Bonchev–Trinajstić information content (AvgIpc) is 3.12. The molecule has 0 radical (unpaired) electrons. The van der Waals surface area contributed by atoms with Gasteiger partial charge in [-0.25, -0.2) is 5.43 Å². The molecule has 0 unspecified atom stereocenters. The van der Waals surface area contributed by atoms with Crippen molar-refractivity contribution in [3.63, 3.8) is 0 Å². The summed E-state index contributed by atoms with van der Waals surface area (Å²) in [5.41, 5.74) is 3.23. The Labute approximate surface area is 170 Å². The molecule has 8 heteroatoms. The van der Waals surface area contributed by atoms with Gasteiger partial charge >= 0.3 is 0 Å². The number of halogens is 3. The molecule has 138 valence electrons. The smallest absolute Gasteiger partial charge is 0.277 e. The Bertz CT molecular complexity index is 969. The van der Waals surface area contributed by atoms with E-state index in [9.17, 15) is 4.79 Å². The van der Waals surface area contributed by atoms with Crippen LogP contribution in [0.25, 0.3) is 11.3 Å². The second kappa shape index (κ2) is 8.95. The van der Waals surface area contributed by atoms with Gasteiger partial charge in [-0.1, -0.05) is 34.8 Å². The summed E-state index contributed by atoms with van der Waals surface area (Å²) < 4.78 is 11.0. The Hall–Kier alpha value is -2.47. The predicted molar refractivity (Wildman–Crippen MR) is 107 cm³/mol. The lowest BCUT2D eigenvalue weighted by atomic mass is 10.2. The van der Waals surface area contributed by atoms with Crippen LogP contribution in [-0.4, -0.2) is 18.7 Å². The first-order valence-electron chi connectivity index (χ1n) is 7.77. The van der Waals surface area contributed by atoms with Crippen molar-refractivity contribution in [3.05, 3.63) is 75.4 Å². The van der Waals surface area contributed by atoms with Gasteiger partial charge in [0.15, 0.2) is 6.61 Å². The zero-order chi connectivity index (χ0) is 19.2. The summed E-state index contributed by atoms with van der Waals surface area (Å²) >= 11 is 17.7. The average molecular weight is 424 g/mol. The van der Waals surface area contributed by atoms with Crippen molar-refractivity contribution in [2.45, 2.75) is 0 Å². The second-order valence-electron chi connectivity index (χ2n) is 5.37. The van der Waals surface area contributed by atoms with Crippen molar-refractivity contribution >= 4 is 46.9 Å². The molecule has 2 aromatic carbocycles. The molecular weight excluding hydrogens is 411 g/mol. The number of carbonyl (C=O) groups is 1. The third-order valence-electron chi connectivity index (χ3n) is 3.39. The summed E-state index contributed by atoms with van der Waals surface area (Å²) in [4.78, 5) is 11.8. The van der Waals surface area contributed by atoms with Gasteiger partial charge in [0.1, 0.15) is 17.3 Å². The Morgan fingerprint density at radius 3 is 2.56 bits per heavy atom. The first-order valence-corrected chi connectivity index (χ1v) is 8.90. The fraction of sp³-hybridized carbons (Fsp3) is 0.0526. The number of hydrogen-bond donors (Lipinski definition) is 1. The lowest BCUT2D eigenvalue weighted by Crippen LogP contribution is -2.24. The van der Waals surface area contributed by atoms with Crippen LogP contribution < -0.4 is 10.2 Å². The molecule has 1 aromatic heterocycles. The van der Waals surface area contributed by atoms with Gasteiger partial charge in [-0.3, -0.25) is 4.79 Å². The molecule has 0 aliphatic heterocycles. The van der Waals surface area contributed by atoms with Gasteiger partial charge in [0.25, 0.3) is 5.91 Å². The number of rotatable bonds is 6. The van der Waals surface area contributed by atoms with Crippen LogP contribution in [0.1, 0.15) is 5.76 Å². The maximum Gasteiger partial charge on any atom is 0.277 e. The van der Waals surface area contributed by atoms with E-state index < -0.39 is 5.91 Å². The number of hydrazone groups is 1. The van der Waals surface area contributed by atoms with Crippen LogP contribution in [0.2, 0.25) is 15.1 Å². The van der Waals surface area contributed by atoms with Crippen molar-refractivity contribution in [1.29, 1.82) is 0 Å². The van der Waals surface area contributed by atoms with Crippen molar-refractivity contribution < 1.29 is 13.9 Å². The van der Waals surface area contributed by atoms with Crippen LogP contribution in [-0.2, 0) is 4.79 Å². The molecule has 0 aliphatic rings. The number of hydrogen-bond acceptors (Lipinski definition) is 4. The molecule has 0 saturated heterocycles. The van der Waals surface area contributed by atoms with Crippen LogP contribution in [0.15, 0.2) is 64.1 Å². The van der Waals surface area contributed by atoms with Gasteiger partial charge in [0, 0.05) is 21.7 Å². The molecule has 1 heterocycles. The molecule has 0 saturated carbocycles. The van der Waals surface area contributed by atoms with E-state index in [0.717, 1.165) is 5.56 Å². The minimum absolute atomic E-state index is 0.258. The van der Waals surface area contributed by atoms with Gasteiger partial charge in [-0.2, -0.15) is 5.10 Å². The van der Waals surface area contributed by atoms with Crippen LogP contribution >= 0.6 is 34.8 Å². The van der Waals surface area contributed by atoms with E-state index in [1.165, 1.54) is 12.3 Å². The lowest BCUT2D eigenvalue weighted by molar-refractivity contribution is -0.123. The molecular formula is C19H13Cl3N2O3. The Kier molecular flexibility index (Phi) is 6.40. The quantitative estimate of drug-likeness (QED) is 0.424. The minimum atomic E-state index is -0.452. The highest BCUT2D eigenvalue weighted by molar-refractivity contribution is 6.34. The maximum atomic E-state index is 11.8. The first-order chi connectivity index (χ1) is 13.0. The molecule has 3 rings (SSSR count). The van der Waals surface area contributed by atoms with Crippen LogP contribution in [0.3, 0.4) is 0 Å². The molecule has 0 fully saturated rings. The summed E-state index contributed by atoms with van der Waals surface area (Å²) in [5, 5.41) is 5.31. The zero-order valence-electron chi connectivity index (χ0n) is 13.8. The van der Waals surface area contributed by atoms with Gasteiger partial charge in [-0.15, -0.1) is 0 Å². The van der Waals surface area contributed by atoms with Crippen LogP contribution in [0, 0.1) is 0 Å². The largest absolute Gasteiger partial charge is 0.482 e. The van der Waals surface area contributed by atoms with Crippen molar-refractivity contribution in [2.24, 2.45) is 5.10 Å². The topological polar surface area (TPSA) is 63.8 Å². The Balaban J connectivity index is 1.52. The number of furan rings is 1. The summed E-state index contributed by atoms with van der Waals surface area (Å²) in [5.74, 6) is 1.02. The van der Waals surface area contributed by atoms with Gasteiger partial charge < -0.3 is 9.15 Å². The number of nitrogens with zero attached hydrogens (tertiary/aromatic N) is 1. The van der Waals surface area contributed by atoms with Crippen LogP contribution in [0.4, 0.5) is 0 Å². The van der Waals surface area contributed by atoms with Gasteiger partial charge in [0.2, 0.25) is 0 Å². The fourth-order valence-corrected chi connectivity index (χ4v) is 2.58. The third-order valence-corrected chi connectivity index (χ3v) is 4.19. The van der Waals surface area contributed by atoms with E-state index >= 15 is 0 Å². The summed E-state index contributed by atoms with van der Waals surface area (Å²) in [6, 6.07) is 15.5. The molecule has 0 bridgehead atoms. The van der Waals surface area contributed by atoms with E-state index in [4.69, 9.17) is 44.0 Å². The fourth-order valence-electron chi connectivity index (χ4n) is 2.12. The molecule has 5 nitrogen and oxygen atoms in total. The lowest BCUT2D eigenvalue weighted by Gasteiger charge is -2.07. The summed E-state index contributed by atoms with van der Waals surface area (Å²) in [6.45, 7) is -0.258. The highest BCUT2D eigenvalue weighted by Crippen LogP contribution is 2.27. The minimum Gasteiger partial charge on any atom is -0.482 e. The molecule has 0 aliphatic carbocycles. The highest BCUT2D eigenvalue weighted by atomic mass is 35.5. The van der Waals surface area contributed by atoms with Crippen molar-refractivity contribution in [1.82, 2.24) is 5.43 Å². The van der Waals surface area contributed by atoms with Crippen molar-refractivity contribution in [3.8, 4) is 17.1 Å². The van der Waals surface area contributed by atoms with E-state index in [0.29, 0.717) is 32.3 Å². The van der Waals surface area contributed by atoms with Gasteiger partial charge in [0.05, 0.1) is 11.2 Å². The summed E-state index contributed by atoms with van der Waals surface area (Å²) in [7, 11) is 0. The van der Waals surface area contributed by atoms with Crippen LogP contribution in [0.5, 0.6) is 5.75 Å². The standard InChI is InChI=1S/C19H13Cl3N2O3/c20-13-3-1-12(2-4-13)17-8-6-15(27-17)10-23-24-19(25)11-26-18-9-14(21)5-7-16(18)22/h1-10H,11H2,(H,24,25)/b23-10-. The monoisotopic (exact) mass is 422 g/mol. The Morgan fingerprint density at radius 2 is 1.78 bits per heavy atom. The summed E-state index contributed by atoms with van der Waals surface area (Å²) in [6.07, 6.45) is 1.39. The SMILES string of the molecule is O=C(COc1cc(Cl)ccc1Cl)N/N=C\c1ccc(-c2ccc(Cl)cc2)o1. The number of ether oxygens (including phenoxy) is 1. The molecule has 0 atom stereocenters. The first kappa shape index (κ1) is 19.3. The zero-order valence-corrected chi connectivity index (χ0v) is 16.1. The highest BCUT2D eigenvalue weighted by Gasteiger charge is 2.07. The molecule has 0 spiro atoms. The molecule has 3 aromatic rings. The number of carbonyl (C=O) groups excluding carboxylic acids is 1. The molecule has 27 heavy (non-hydrogen) atoms. The number of benzene rings is 2. The predicted octanol–water partition coefficient (Wildman–Crippen LogP) is 5.44. The van der Waals surface area contributed by atoms with Crippen molar-refractivity contribution in [2.75, 3.05) is 6.61 Å².